The van der Waals surface area contributed by atoms with Crippen LogP contribution >= 0.6 is 12.9 Å². The Kier molecular flexibility index (Phi) is 4.03. The Morgan fingerprint density at radius 3 is 2.74 bits per heavy atom. The average Bonchev–Trinajstić information content (AvgIpc) is 2.46. The Morgan fingerprint density at radius 2 is 2.11 bits per heavy atom. The van der Waals surface area contributed by atoms with Gasteiger partial charge in [0.2, 0.25) is 0 Å². The summed E-state index contributed by atoms with van der Waals surface area (Å²) in [5, 5.41) is 18.5. The summed E-state index contributed by atoms with van der Waals surface area (Å²) in [5.41, 5.74) is 1.86. The summed E-state index contributed by atoms with van der Waals surface area (Å²) >= 11 is 3.73. The highest BCUT2D eigenvalue weighted by molar-refractivity contribution is 7.75. The number of carbonyl (C=O) groups excluding carboxylic acids is 1. The van der Waals surface area contributed by atoms with Crippen LogP contribution in [0.3, 0.4) is 0 Å². The number of nitrogens with zero attached hydrogens (tertiary/aromatic N) is 1. The van der Waals surface area contributed by atoms with E-state index in [0.717, 1.165) is 0 Å². The highest BCUT2D eigenvalue weighted by Crippen LogP contribution is 2.34. The van der Waals surface area contributed by atoms with E-state index in [1.807, 2.05) is 0 Å². The van der Waals surface area contributed by atoms with Crippen LogP contribution in [0.2, 0.25) is 0 Å². The zero-order chi connectivity index (χ0) is 13.8. The van der Waals surface area contributed by atoms with Gasteiger partial charge in [0, 0.05) is 24.5 Å². The molecular weight excluding hydrogens is 266 g/mol. The second kappa shape index (κ2) is 5.73. The Balaban J connectivity index is 2.60. The number of aliphatic hydroxyl groups excluding tert-OH is 1. The number of carbonyl (C=O) groups is 1. The molecule has 0 spiro atoms. The Bertz CT molecular complexity index is 616. The van der Waals surface area contributed by atoms with E-state index in [2.05, 4.69) is 17.9 Å². The third kappa shape index (κ3) is 2.86. The number of hydrogen-bond acceptors (Lipinski definition) is 6. The largest absolute Gasteiger partial charge is 0.508 e. The molecule has 0 radical (unpaired) electrons. The van der Waals surface area contributed by atoms with Crippen LogP contribution in [0.4, 0.5) is 0 Å². The topological polar surface area (TPSA) is 79.7 Å². The predicted octanol–water partition coefficient (Wildman–Crippen LogP) is 1.98. The van der Waals surface area contributed by atoms with E-state index >= 15 is 0 Å². The zero-order valence-electron chi connectivity index (χ0n) is 9.78. The fourth-order valence-corrected chi connectivity index (χ4v) is 1.88. The van der Waals surface area contributed by atoms with Gasteiger partial charge < -0.3 is 14.4 Å². The molecule has 0 aliphatic carbocycles. The summed E-state index contributed by atoms with van der Waals surface area (Å²) in [7, 11) is 0. The monoisotopic (exact) mass is 277 g/mol. The van der Waals surface area contributed by atoms with Crippen molar-refractivity contribution in [3.63, 3.8) is 0 Å². The Labute approximate surface area is 115 Å². The van der Waals surface area contributed by atoms with Gasteiger partial charge in [0.05, 0.1) is 12.3 Å². The SMILES string of the molecule is O=Cc1cc(-c2ccc(O)cc2OS)cc(CO)n1. The van der Waals surface area contributed by atoms with Crippen molar-refractivity contribution >= 4 is 19.2 Å². The van der Waals surface area contributed by atoms with Crippen molar-refractivity contribution in [3.8, 4) is 22.6 Å². The van der Waals surface area contributed by atoms with Gasteiger partial charge in [-0.1, -0.05) is 0 Å². The molecule has 0 saturated carbocycles. The van der Waals surface area contributed by atoms with Gasteiger partial charge in [-0.25, -0.2) is 4.98 Å². The molecule has 2 aromatic rings. The lowest BCUT2D eigenvalue weighted by Crippen LogP contribution is -1.96. The molecule has 1 aromatic heterocycles. The van der Waals surface area contributed by atoms with Crippen molar-refractivity contribution in [2.45, 2.75) is 6.61 Å². The summed E-state index contributed by atoms with van der Waals surface area (Å²) in [6, 6.07) is 7.73. The molecule has 2 N–H and O–H groups in total. The minimum atomic E-state index is -0.274. The Morgan fingerprint density at radius 1 is 1.32 bits per heavy atom. The number of aliphatic hydroxyl groups is 1. The summed E-state index contributed by atoms with van der Waals surface area (Å²) < 4.78 is 4.89. The lowest BCUT2D eigenvalue weighted by molar-refractivity contribution is 0.111. The number of aldehydes is 1. The van der Waals surface area contributed by atoms with Gasteiger partial charge >= 0.3 is 0 Å². The second-order valence-electron chi connectivity index (χ2n) is 3.82. The highest BCUT2D eigenvalue weighted by Gasteiger charge is 2.10. The molecule has 0 amide bonds. The first-order valence-electron chi connectivity index (χ1n) is 5.39. The Hall–Kier alpha value is -2.05. The van der Waals surface area contributed by atoms with Crippen LogP contribution < -0.4 is 4.18 Å². The third-order valence-corrected chi connectivity index (χ3v) is 2.75. The smallest absolute Gasteiger partial charge is 0.168 e. The van der Waals surface area contributed by atoms with Crippen molar-refractivity contribution < 1.29 is 19.2 Å². The molecule has 0 bridgehead atoms. The van der Waals surface area contributed by atoms with E-state index in [4.69, 9.17) is 9.29 Å². The fourth-order valence-electron chi connectivity index (χ4n) is 1.73. The number of aromatic nitrogens is 1. The van der Waals surface area contributed by atoms with Crippen molar-refractivity contribution in [1.82, 2.24) is 4.98 Å². The second-order valence-corrected chi connectivity index (χ2v) is 4.00. The number of rotatable bonds is 4. The molecule has 0 unspecified atom stereocenters. The number of benzene rings is 1. The molecular formula is C13H11NO4S. The summed E-state index contributed by atoms with van der Waals surface area (Å²) in [4.78, 5) is 14.8. The van der Waals surface area contributed by atoms with Crippen LogP contribution in [-0.2, 0) is 6.61 Å². The minimum Gasteiger partial charge on any atom is -0.508 e. The van der Waals surface area contributed by atoms with E-state index < -0.39 is 0 Å². The van der Waals surface area contributed by atoms with E-state index in [-0.39, 0.29) is 18.1 Å². The van der Waals surface area contributed by atoms with Crippen molar-refractivity contribution in [2.75, 3.05) is 0 Å². The molecule has 19 heavy (non-hydrogen) atoms. The molecule has 0 saturated heterocycles. The minimum absolute atomic E-state index is 0.0415. The first kappa shape index (κ1) is 13.4. The van der Waals surface area contributed by atoms with Crippen LogP contribution in [0.25, 0.3) is 11.1 Å². The molecule has 2 rings (SSSR count). The zero-order valence-corrected chi connectivity index (χ0v) is 10.7. The fraction of sp³-hybridized carbons (Fsp3) is 0.0769. The van der Waals surface area contributed by atoms with Gasteiger partial charge in [-0.05, 0) is 29.8 Å². The summed E-state index contributed by atoms with van der Waals surface area (Å²) in [6.45, 7) is -0.274. The molecule has 1 heterocycles. The number of aromatic hydroxyl groups is 1. The maximum atomic E-state index is 10.8. The number of thiol groups is 1. The van der Waals surface area contributed by atoms with Gasteiger partial charge in [-0.15, -0.1) is 0 Å². The average molecular weight is 277 g/mol. The number of pyridine rings is 1. The number of phenols is 1. The van der Waals surface area contributed by atoms with Gasteiger partial charge in [-0.3, -0.25) is 4.79 Å². The van der Waals surface area contributed by atoms with Crippen molar-refractivity contribution in [2.24, 2.45) is 0 Å². The van der Waals surface area contributed by atoms with Gasteiger partial charge in [0.15, 0.2) is 6.29 Å². The van der Waals surface area contributed by atoms with E-state index in [1.54, 1.807) is 18.2 Å². The van der Waals surface area contributed by atoms with Crippen molar-refractivity contribution in [3.05, 3.63) is 41.7 Å². The quantitative estimate of drug-likeness (QED) is 0.452. The lowest BCUT2D eigenvalue weighted by atomic mass is 10.0. The molecule has 0 aliphatic heterocycles. The van der Waals surface area contributed by atoms with Gasteiger partial charge in [-0.2, -0.15) is 0 Å². The highest BCUT2D eigenvalue weighted by atomic mass is 32.1. The van der Waals surface area contributed by atoms with Crippen LogP contribution in [-0.4, -0.2) is 21.5 Å². The van der Waals surface area contributed by atoms with Crippen LogP contribution in [0.15, 0.2) is 30.3 Å². The van der Waals surface area contributed by atoms with Crippen LogP contribution in [0.1, 0.15) is 16.2 Å². The van der Waals surface area contributed by atoms with Gasteiger partial charge in [0.1, 0.15) is 17.2 Å². The molecule has 6 heteroatoms. The number of hydrogen-bond donors (Lipinski definition) is 3. The molecule has 98 valence electrons. The summed E-state index contributed by atoms with van der Waals surface area (Å²) in [5.74, 6) is 0.384. The molecule has 1 aromatic carbocycles. The van der Waals surface area contributed by atoms with E-state index in [0.29, 0.717) is 28.9 Å². The van der Waals surface area contributed by atoms with Crippen LogP contribution in [0.5, 0.6) is 11.5 Å². The van der Waals surface area contributed by atoms with Gasteiger partial charge in [0.25, 0.3) is 0 Å². The third-order valence-electron chi connectivity index (χ3n) is 2.56. The lowest BCUT2D eigenvalue weighted by Gasteiger charge is -2.09. The first-order chi connectivity index (χ1) is 9.17. The van der Waals surface area contributed by atoms with Crippen LogP contribution in [0, 0.1) is 0 Å². The van der Waals surface area contributed by atoms with Crippen molar-refractivity contribution in [1.29, 1.82) is 0 Å². The molecule has 0 atom stereocenters. The standard InChI is InChI=1S/C13H11NO4S/c15-6-9-3-8(4-10(7-16)14-9)12-2-1-11(17)5-13(12)18-19/h1-6,16-17,19H,7H2. The maximum Gasteiger partial charge on any atom is 0.168 e. The maximum absolute atomic E-state index is 10.8. The molecule has 0 aliphatic rings. The number of phenolic OH excluding ortho intramolecular Hbond substituents is 1. The summed E-state index contributed by atoms with van der Waals surface area (Å²) in [6.07, 6.45) is 0.601. The van der Waals surface area contributed by atoms with E-state index in [1.165, 1.54) is 12.1 Å². The molecule has 0 fully saturated rings. The normalized spacial score (nSPS) is 10.2. The first-order valence-corrected chi connectivity index (χ1v) is 5.76. The molecule has 5 nitrogen and oxygen atoms in total. The van der Waals surface area contributed by atoms with E-state index in [9.17, 15) is 9.90 Å². The predicted molar refractivity (Wildman–Crippen MR) is 72.3 cm³/mol.